The van der Waals surface area contributed by atoms with E-state index in [9.17, 15) is 22.4 Å². The Morgan fingerprint density at radius 2 is 1.86 bits per heavy atom. The lowest BCUT2D eigenvalue weighted by molar-refractivity contribution is -0.148. The average Bonchev–Trinajstić information content (AvgIpc) is 2.73. The Labute approximate surface area is 162 Å². The highest BCUT2D eigenvalue weighted by Crippen LogP contribution is 2.24. The number of rotatable bonds is 6. The van der Waals surface area contributed by atoms with Gasteiger partial charge in [0.1, 0.15) is 10.7 Å². The number of pyridine rings is 1. The van der Waals surface area contributed by atoms with E-state index in [0.29, 0.717) is 0 Å². The fourth-order valence-electron chi connectivity index (χ4n) is 3.00. The van der Waals surface area contributed by atoms with Crippen molar-refractivity contribution >= 4 is 21.8 Å². The molecule has 1 fully saturated rings. The van der Waals surface area contributed by atoms with Crippen molar-refractivity contribution in [2.75, 3.05) is 19.7 Å². The number of carbonyl (C=O) groups is 2. The van der Waals surface area contributed by atoms with Gasteiger partial charge in [-0.1, -0.05) is 12.1 Å². The van der Waals surface area contributed by atoms with E-state index in [4.69, 9.17) is 4.74 Å². The second-order valence-electron chi connectivity index (χ2n) is 6.38. The van der Waals surface area contributed by atoms with Gasteiger partial charge in [-0.25, -0.2) is 12.8 Å². The Morgan fingerprint density at radius 3 is 2.50 bits per heavy atom. The fraction of sp³-hybridized carbons (Fsp3) is 0.316. The van der Waals surface area contributed by atoms with E-state index < -0.39 is 40.1 Å². The van der Waals surface area contributed by atoms with E-state index >= 15 is 0 Å². The number of Topliss-reactive ketones (excluding diaryl/α,β-unsaturated/α-hetero) is 1. The smallest absolute Gasteiger partial charge is 0.309 e. The van der Waals surface area contributed by atoms with Crippen LogP contribution in [0, 0.1) is 11.7 Å². The molecule has 0 saturated carbocycles. The third-order valence-electron chi connectivity index (χ3n) is 4.58. The van der Waals surface area contributed by atoms with E-state index in [1.165, 1.54) is 41.0 Å². The summed E-state index contributed by atoms with van der Waals surface area (Å²) in [4.78, 5) is 28.1. The van der Waals surface area contributed by atoms with Gasteiger partial charge in [0, 0.05) is 25.5 Å². The second kappa shape index (κ2) is 8.57. The summed E-state index contributed by atoms with van der Waals surface area (Å²) in [5.41, 5.74) is -0.132. The SMILES string of the molecule is O=C(COC(=O)C1CCN(S(=O)(=O)c2cccnc2)CC1)c1ccccc1F. The van der Waals surface area contributed by atoms with Crippen molar-refractivity contribution in [1.82, 2.24) is 9.29 Å². The quantitative estimate of drug-likeness (QED) is 0.538. The molecule has 2 heterocycles. The Kier molecular flexibility index (Phi) is 6.15. The van der Waals surface area contributed by atoms with Gasteiger partial charge in [-0.3, -0.25) is 14.6 Å². The Bertz CT molecular complexity index is 957. The minimum Gasteiger partial charge on any atom is -0.457 e. The molecule has 9 heteroatoms. The monoisotopic (exact) mass is 406 g/mol. The molecular weight excluding hydrogens is 387 g/mol. The number of nitrogens with zero attached hydrogens (tertiary/aromatic N) is 2. The first-order valence-corrected chi connectivity index (χ1v) is 10.2. The molecule has 0 radical (unpaired) electrons. The number of ether oxygens (including phenoxy) is 1. The molecule has 0 spiro atoms. The number of hydrogen-bond donors (Lipinski definition) is 0. The van der Waals surface area contributed by atoms with Crippen LogP contribution in [-0.4, -0.2) is 49.2 Å². The van der Waals surface area contributed by atoms with Gasteiger partial charge in [0.2, 0.25) is 15.8 Å². The molecule has 0 unspecified atom stereocenters. The molecule has 28 heavy (non-hydrogen) atoms. The summed E-state index contributed by atoms with van der Waals surface area (Å²) < 4.78 is 45.0. The molecule has 1 aliphatic rings. The highest BCUT2D eigenvalue weighted by molar-refractivity contribution is 7.89. The van der Waals surface area contributed by atoms with Crippen molar-refractivity contribution in [2.45, 2.75) is 17.7 Å². The van der Waals surface area contributed by atoms with E-state index in [2.05, 4.69) is 4.98 Å². The molecule has 0 aliphatic carbocycles. The number of carbonyl (C=O) groups excluding carboxylic acids is 2. The average molecular weight is 406 g/mol. The summed E-state index contributed by atoms with van der Waals surface area (Å²) in [6.07, 6.45) is 3.34. The van der Waals surface area contributed by atoms with E-state index in [0.717, 1.165) is 6.07 Å². The van der Waals surface area contributed by atoms with Crippen molar-refractivity contribution in [3.8, 4) is 0 Å². The zero-order chi connectivity index (χ0) is 20.1. The third kappa shape index (κ3) is 4.42. The molecule has 2 aromatic rings. The van der Waals surface area contributed by atoms with Crippen LogP contribution in [0.4, 0.5) is 4.39 Å². The lowest BCUT2D eigenvalue weighted by Gasteiger charge is -2.29. The first-order valence-electron chi connectivity index (χ1n) is 8.74. The maximum atomic E-state index is 13.6. The lowest BCUT2D eigenvalue weighted by Crippen LogP contribution is -2.40. The summed E-state index contributed by atoms with van der Waals surface area (Å²) in [6.45, 7) is -0.218. The first-order chi connectivity index (χ1) is 13.4. The summed E-state index contributed by atoms with van der Waals surface area (Å²) in [7, 11) is -3.65. The molecule has 0 amide bonds. The van der Waals surface area contributed by atoms with Gasteiger partial charge < -0.3 is 4.74 Å². The van der Waals surface area contributed by atoms with Gasteiger partial charge in [0.25, 0.3) is 0 Å². The normalized spacial score (nSPS) is 15.9. The molecular formula is C19H19FN2O5S. The summed E-state index contributed by atoms with van der Waals surface area (Å²) in [5, 5.41) is 0. The van der Waals surface area contributed by atoms with Gasteiger partial charge in [-0.15, -0.1) is 0 Å². The maximum Gasteiger partial charge on any atom is 0.309 e. The number of aromatic nitrogens is 1. The van der Waals surface area contributed by atoms with Gasteiger partial charge >= 0.3 is 5.97 Å². The minimum atomic E-state index is -3.65. The molecule has 0 bridgehead atoms. The minimum absolute atomic E-state index is 0.103. The van der Waals surface area contributed by atoms with E-state index in [-0.39, 0.29) is 36.4 Å². The largest absolute Gasteiger partial charge is 0.457 e. The van der Waals surface area contributed by atoms with Crippen LogP contribution in [0.5, 0.6) is 0 Å². The predicted molar refractivity (Wildman–Crippen MR) is 97.4 cm³/mol. The van der Waals surface area contributed by atoms with Crippen LogP contribution in [0.25, 0.3) is 0 Å². The van der Waals surface area contributed by atoms with Crippen LogP contribution in [0.3, 0.4) is 0 Å². The van der Waals surface area contributed by atoms with Crippen LogP contribution in [0.2, 0.25) is 0 Å². The molecule has 0 atom stereocenters. The van der Waals surface area contributed by atoms with Gasteiger partial charge in [0.15, 0.2) is 6.61 Å². The molecule has 1 aromatic carbocycles. The van der Waals surface area contributed by atoms with Gasteiger partial charge in [-0.05, 0) is 37.1 Å². The zero-order valence-electron chi connectivity index (χ0n) is 15.0. The highest BCUT2D eigenvalue weighted by atomic mass is 32.2. The standard InChI is InChI=1S/C19H19FN2O5S/c20-17-6-2-1-5-16(17)18(23)13-27-19(24)14-7-10-22(11-8-14)28(25,26)15-4-3-9-21-12-15/h1-6,9,12,14H,7-8,10-11,13H2. The molecule has 1 saturated heterocycles. The second-order valence-corrected chi connectivity index (χ2v) is 8.32. The van der Waals surface area contributed by atoms with Crippen LogP contribution in [-0.2, 0) is 19.6 Å². The van der Waals surface area contributed by atoms with Gasteiger partial charge in [-0.2, -0.15) is 4.31 Å². The first kappa shape index (κ1) is 20.1. The third-order valence-corrected chi connectivity index (χ3v) is 6.46. The maximum absolute atomic E-state index is 13.6. The summed E-state index contributed by atoms with van der Waals surface area (Å²) in [5.74, 6) is -2.38. The molecule has 1 aromatic heterocycles. The summed E-state index contributed by atoms with van der Waals surface area (Å²) in [6, 6.07) is 8.49. The van der Waals surface area contributed by atoms with Crippen LogP contribution < -0.4 is 0 Å². The number of halogens is 1. The van der Waals surface area contributed by atoms with Crippen molar-refractivity contribution in [3.63, 3.8) is 0 Å². The zero-order valence-corrected chi connectivity index (χ0v) is 15.8. The van der Waals surface area contributed by atoms with Crippen molar-refractivity contribution in [2.24, 2.45) is 5.92 Å². The molecule has 3 rings (SSSR count). The fourth-order valence-corrected chi connectivity index (χ4v) is 4.43. The Balaban J connectivity index is 1.53. The number of piperidine rings is 1. The predicted octanol–water partition coefficient (Wildman–Crippen LogP) is 2.05. The molecule has 7 nitrogen and oxygen atoms in total. The lowest BCUT2D eigenvalue weighted by atomic mass is 9.98. The van der Waals surface area contributed by atoms with Gasteiger partial charge in [0.05, 0.1) is 11.5 Å². The van der Waals surface area contributed by atoms with Crippen LogP contribution in [0.15, 0.2) is 53.7 Å². The van der Waals surface area contributed by atoms with Crippen molar-refractivity contribution < 1.29 is 27.1 Å². The number of sulfonamides is 1. The molecule has 1 aliphatic heterocycles. The number of esters is 1. The number of hydrogen-bond acceptors (Lipinski definition) is 6. The van der Waals surface area contributed by atoms with Crippen molar-refractivity contribution in [3.05, 3.63) is 60.2 Å². The number of ketones is 1. The van der Waals surface area contributed by atoms with Crippen LogP contribution in [0.1, 0.15) is 23.2 Å². The van der Waals surface area contributed by atoms with E-state index in [1.807, 2.05) is 0 Å². The molecule has 0 N–H and O–H groups in total. The number of benzene rings is 1. The highest BCUT2D eigenvalue weighted by Gasteiger charge is 2.33. The summed E-state index contributed by atoms with van der Waals surface area (Å²) >= 11 is 0. The van der Waals surface area contributed by atoms with E-state index in [1.54, 1.807) is 6.07 Å². The van der Waals surface area contributed by atoms with Crippen molar-refractivity contribution in [1.29, 1.82) is 0 Å². The topological polar surface area (TPSA) is 93.6 Å². The van der Waals surface area contributed by atoms with Crippen LogP contribution >= 0.6 is 0 Å². The Hall–Kier alpha value is -2.65. The Morgan fingerprint density at radius 1 is 1.14 bits per heavy atom. The molecule has 148 valence electrons.